The second-order valence-corrected chi connectivity index (χ2v) is 15.4. The van der Waals surface area contributed by atoms with E-state index < -0.39 is 83.8 Å². The predicted octanol–water partition coefficient (Wildman–Crippen LogP) is 2.56. The molecule has 5 N–H and O–H groups in total. The van der Waals surface area contributed by atoms with Crippen molar-refractivity contribution in [2.75, 3.05) is 13.1 Å². The minimum atomic E-state index is -1.48. The number of benzene rings is 3. The molecule has 0 saturated carbocycles. The average molecular weight is 812 g/mol. The van der Waals surface area contributed by atoms with Crippen LogP contribution < -0.4 is 16.0 Å². The summed E-state index contributed by atoms with van der Waals surface area (Å²) in [5, 5.41) is 28.1. The number of rotatable bonds is 17. The standard InChI is InChI=1S/C44H53N5O10/c1-4-13-33(38(51)41(54)46-34(43(56)57)22-28-14-7-5-8-15-28)45-39(52)35-24-32(59-44(58)48-21-20-30-18-11-12-19-31(30)25-48)26-49(35)42(55)37(27(2)3)47-40(53)36(50)23-29-16-9-6-10-17-29/h5-12,14-19,27,32-37,50H,4,13,20-26H2,1-3H3,(H,45,52)(H,46,54)(H,47,53)(H,56,57)/t32-,33?,34+,35+,36?,37+/m1/s1. The van der Waals surface area contributed by atoms with E-state index in [0.717, 1.165) is 11.1 Å². The molecule has 0 aromatic heterocycles. The first-order valence-corrected chi connectivity index (χ1v) is 20.0. The fourth-order valence-electron chi connectivity index (χ4n) is 7.38. The van der Waals surface area contributed by atoms with Gasteiger partial charge in [-0.05, 0) is 41.0 Å². The number of fused-ring (bicyclic) bond motifs is 1. The molecule has 314 valence electrons. The van der Waals surface area contributed by atoms with E-state index in [1.54, 1.807) is 86.3 Å². The Balaban J connectivity index is 1.33. The van der Waals surface area contributed by atoms with E-state index in [1.807, 2.05) is 24.3 Å². The van der Waals surface area contributed by atoms with Gasteiger partial charge in [0, 0.05) is 32.4 Å². The number of aliphatic hydroxyl groups is 1. The van der Waals surface area contributed by atoms with Crippen LogP contribution in [0, 0.1) is 5.92 Å². The quantitative estimate of drug-likeness (QED) is 0.126. The molecule has 1 saturated heterocycles. The van der Waals surface area contributed by atoms with Crippen molar-refractivity contribution in [3.63, 3.8) is 0 Å². The number of carboxylic acids is 1. The van der Waals surface area contributed by atoms with E-state index in [2.05, 4.69) is 16.0 Å². The van der Waals surface area contributed by atoms with Gasteiger partial charge < -0.3 is 40.7 Å². The van der Waals surface area contributed by atoms with Crippen LogP contribution in [-0.2, 0) is 59.3 Å². The fourth-order valence-corrected chi connectivity index (χ4v) is 7.38. The zero-order valence-corrected chi connectivity index (χ0v) is 33.5. The van der Waals surface area contributed by atoms with E-state index in [-0.39, 0.29) is 32.2 Å². The van der Waals surface area contributed by atoms with Crippen LogP contribution in [0.15, 0.2) is 84.9 Å². The highest BCUT2D eigenvalue weighted by Gasteiger charge is 2.46. The van der Waals surface area contributed by atoms with Crippen LogP contribution >= 0.6 is 0 Å². The molecular formula is C44H53N5O10. The lowest BCUT2D eigenvalue weighted by Gasteiger charge is -2.31. The number of carbonyl (C=O) groups is 7. The minimum Gasteiger partial charge on any atom is -0.480 e. The van der Waals surface area contributed by atoms with Crippen LogP contribution in [0.2, 0.25) is 0 Å². The van der Waals surface area contributed by atoms with Gasteiger partial charge in [0.05, 0.1) is 12.6 Å². The number of carboxylic acid groups (broad SMARTS) is 1. The topological polar surface area (TPSA) is 212 Å². The molecule has 0 spiro atoms. The van der Waals surface area contributed by atoms with Crippen LogP contribution in [0.1, 0.15) is 62.3 Å². The monoisotopic (exact) mass is 811 g/mol. The maximum absolute atomic E-state index is 14.4. The number of nitrogens with zero attached hydrogens (tertiary/aromatic N) is 2. The Morgan fingerprint density at radius 1 is 0.797 bits per heavy atom. The Morgan fingerprint density at radius 2 is 1.41 bits per heavy atom. The minimum absolute atomic E-state index is 0.000680. The van der Waals surface area contributed by atoms with E-state index in [0.29, 0.717) is 37.1 Å². The van der Waals surface area contributed by atoms with E-state index in [1.165, 1.54) is 4.90 Å². The first-order chi connectivity index (χ1) is 28.2. The number of ketones is 1. The number of nitrogens with one attached hydrogen (secondary N) is 3. The molecular weight excluding hydrogens is 759 g/mol. The Bertz CT molecular complexity index is 1980. The lowest BCUT2D eigenvalue weighted by Crippen LogP contribution is -2.58. The highest BCUT2D eigenvalue weighted by Crippen LogP contribution is 2.26. The van der Waals surface area contributed by atoms with Crippen molar-refractivity contribution in [1.82, 2.24) is 25.8 Å². The number of ether oxygens (including phenoxy) is 1. The molecule has 0 bridgehead atoms. The molecule has 2 heterocycles. The molecule has 0 aliphatic carbocycles. The molecule has 15 heteroatoms. The molecule has 5 rings (SSSR count). The summed E-state index contributed by atoms with van der Waals surface area (Å²) in [5.41, 5.74) is 3.44. The van der Waals surface area contributed by atoms with Crippen molar-refractivity contribution >= 4 is 41.5 Å². The number of hydrogen-bond acceptors (Lipinski definition) is 9. The van der Waals surface area contributed by atoms with Crippen LogP contribution in [0.4, 0.5) is 4.79 Å². The van der Waals surface area contributed by atoms with Gasteiger partial charge in [-0.3, -0.25) is 24.0 Å². The smallest absolute Gasteiger partial charge is 0.410 e. The zero-order valence-electron chi connectivity index (χ0n) is 33.5. The lowest BCUT2D eigenvalue weighted by atomic mass is 10.0. The summed E-state index contributed by atoms with van der Waals surface area (Å²) < 4.78 is 5.90. The van der Waals surface area contributed by atoms with Gasteiger partial charge in [-0.25, -0.2) is 9.59 Å². The van der Waals surface area contributed by atoms with Crippen LogP contribution in [-0.4, -0.2) is 111 Å². The lowest BCUT2D eigenvalue weighted by molar-refractivity contribution is -0.146. The number of carbonyl (C=O) groups excluding carboxylic acids is 6. The fraction of sp³-hybridized carbons (Fsp3) is 0.432. The number of amides is 5. The Hall–Kier alpha value is -6.09. The molecule has 3 aromatic rings. The summed E-state index contributed by atoms with van der Waals surface area (Å²) in [6, 6.07) is 19.9. The molecule has 2 unspecified atom stereocenters. The summed E-state index contributed by atoms with van der Waals surface area (Å²) in [4.78, 5) is 96.9. The Morgan fingerprint density at radius 3 is 2.02 bits per heavy atom. The molecule has 1 fully saturated rings. The summed E-state index contributed by atoms with van der Waals surface area (Å²) in [6.07, 6.45) is -2.30. The normalized spacial score (nSPS) is 18.1. The van der Waals surface area contributed by atoms with Gasteiger partial charge in [0.2, 0.25) is 23.5 Å². The van der Waals surface area contributed by atoms with Gasteiger partial charge in [-0.2, -0.15) is 0 Å². The van der Waals surface area contributed by atoms with E-state index in [4.69, 9.17) is 4.74 Å². The Labute approximate surface area is 343 Å². The van der Waals surface area contributed by atoms with Gasteiger partial charge in [-0.1, -0.05) is 112 Å². The molecule has 3 aromatic carbocycles. The molecule has 59 heavy (non-hydrogen) atoms. The van der Waals surface area contributed by atoms with Gasteiger partial charge in [0.1, 0.15) is 30.3 Å². The second kappa shape index (κ2) is 20.6. The first kappa shape index (κ1) is 44.0. The number of Topliss-reactive ketones (excluding diaryl/α,β-unsaturated/α-hetero) is 1. The first-order valence-electron chi connectivity index (χ1n) is 20.0. The summed E-state index contributed by atoms with van der Waals surface area (Å²) in [7, 11) is 0. The molecule has 15 nitrogen and oxygen atoms in total. The van der Waals surface area contributed by atoms with Crippen molar-refractivity contribution in [3.8, 4) is 0 Å². The van der Waals surface area contributed by atoms with Crippen molar-refractivity contribution in [1.29, 1.82) is 0 Å². The zero-order chi connectivity index (χ0) is 42.6. The largest absolute Gasteiger partial charge is 0.480 e. The molecule has 6 atom stereocenters. The van der Waals surface area contributed by atoms with Gasteiger partial charge in [0.15, 0.2) is 0 Å². The second-order valence-electron chi connectivity index (χ2n) is 15.4. The summed E-state index contributed by atoms with van der Waals surface area (Å²) in [5.74, 6) is -6.39. The third kappa shape index (κ3) is 11.7. The highest BCUT2D eigenvalue weighted by molar-refractivity contribution is 6.38. The molecule has 2 aliphatic heterocycles. The van der Waals surface area contributed by atoms with Gasteiger partial charge in [-0.15, -0.1) is 0 Å². The van der Waals surface area contributed by atoms with Crippen molar-refractivity contribution in [2.24, 2.45) is 5.92 Å². The number of aliphatic carboxylic acids is 1. The van der Waals surface area contributed by atoms with Crippen molar-refractivity contribution in [3.05, 3.63) is 107 Å². The van der Waals surface area contributed by atoms with Crippen LogP contribution in [0.25, 0.3) is 0 Å². The summed E-state index contributed by atoms with van der Waals surface area (Å²) >= 11 is 0. The van der Waals surface area contributed by atoms with E-state index in [9.17, 15) is 43.8 Å². The maximum atomic E-state index is 14.4. The average Bonchev–Trinajstić information content (AvgIpc) is 3.66. The maximum Gasteiger partial charge on any atom is 0.410 e. The predicted molar refractivity (Wildman–Crippen MR) is 215 cm³/mol. The van der Waals surface area contributed by atoms with Crippen LogP contribution in [0.3, 0.4) is 0 Å². The molecule has 2 aliphatic rings. The van der Waals surface area contributed by atoms with Gasteiger partial charge in [0.25, 0.3) is 5.91 Å². The third-order valence-electron chi connectivity index (χ3n) is 10.6. The number of likely N-dealkylation sites (tertiary alicyclic amines) is 1. The van der Waals surface area contributed by atoms with E-state index >= 15 is 0 Å². The van der Waals surface area contributed by atoms with Crippen LogP contribution in [0.5, 0.6) is 0 Å². The Kier molecular flexibility index (Phi) is 15.3. The highest BCUT2D eigenvalue weighted by atomic mass is 16.6. The van der Waals surface area contributed by atoms with Crippen molar-refractivity contribution in [2.45, 2.75) is 102 Å². The molecule has 0 radical (unpaired) electrons. The number of hydrogen-bond donors (Lipinski definition) is 5. The van der Waals surface area contributed by atoms with Crippen molar-refractivity contribution < 1.29 is 48.5 Å². The number of aliphatic hydroxyl groups excluding tert-OH is 1. The van der Waals surface area contributed by atoms with Gasteiger partial charge >= 0.3 is 12.1 Å². The SMILES string of the molecule is CCCC(NC(=O)[C@@H]1C[C@@H](OC(=O)N2CCc3ccccc3C2)CN1C(=O)[C@@H](NC(=O)C(O)Cc1ccccc1)C(C)C)C(=O)C(=O)N[C@@H](Cc1ccccc1)C(=O)O. The summed E-state index contributed by atoms with van der Waals surface area (Å²) in [6.45, 7) is 5.63. The third-order valence-corrected chi connectivity index (χ3v) is 10.6. The molecule has 5 amide bonds.